The van der Waals surface area contributed by atoms with Gasteiger partial charge in [-0.2, -0.15) is 0 Å². The maximum atomic E-state index is 12.4. The molecular weight excluding hydrogens is 351 g/mol. The summed E-state index contributed by atoms with van der Waals surface area (Å²) in [5.41, 5.74) is 1.21. The van der Waals surface area contributed by atoms with Crippen molar-refractivity contribution in [2.75, 3.05) is 12.8 Å². The van der Waals surface area contributed by atoms with Gasteiger partial charge in [-0.3, -0.25) is 4.79 Å². The van der Waals surface area contributed by atoms with Gasteiger partial charge in [0, 0.05) is 35.9 Å². The van der Waals surface area contributed by atoms with Crippen molar-refractivity contribution in [2.45, 2.75) is 49.6 Å². The molecule has 3 nitrogen and oxygen atoms in total. The molecule has 2 aliphatic rings. The van der Waals surface area contributed by atoms with Crippen molar-refractivity contribution < 1.29 is 4.79 Å². The van der Waals surface area contributed by atoms with Crippen LogP contribution in [-0.2, 0) is 10.5 Å². The van der Waals surface area contributed by atoms with Crippen LogP contribution >= 0.6 is 35.8 Å². The molecule has 1 aromatic carbocycles. The zero-order valence-corrected chi connectivity index (χ0v) is 15.7. The van der Waals surface area contributed by atoms with E-state index < -0.39 is 0 Å². The van der Waals surface area contributed by atoms with Crippen LogP contribution < -0.4 is 5.32 Å². The van der Waals surface area contributed by atoms with Gasteiger partial charge in [0.15, 0.2) is 0 Å². The quantitative estimate of drug-likeness (QED) is 0.851. The highest BCUT2D eigenvalue weighted by Crippen LogP contribution is 2.29. The number of nitrogens with one attached hydrogen (secondary N) is 1. The number of benzene rings is 1. The smallest absolute Gasteiger partial charge is 0.232 e. The molecular formula is C17H24Cl2N2OS. The summed E-state index contributed by atoms with van der Waals surface area (Å²) < 4.78 is 0. The Morgan fingerprint density at radius 2 is 1.87 bits per heavy atom. The van der Waals surface area contributed by atoms with Gasteiger partial charge in [-0.05, 0) is 43.4 Å². The van der Waals surface area contributed by atoms with E-state index in [4.69, 9.17) is 11.6 Å². The lowest BCUT2D eigenvalue weighted by atomic mass is 9.98. The summed E-state index contributed by atoms with van der Waals surface area (Å²) in [4.78, 5) is 14.4. The van der Waals surface area contributed by atoms with Gasteiger partial charge >= 0.3 is 0 Å². The largest absolute Gasteiger partial charge is 0.342 e. The van der Waals surface area contributed by atoms with E-state index in [9.17, 15) is 4.79 Å². The Morgan fingerprint density at radius 1 is 1.26 bits per heavy atom. The van der Waals surface area contributed by atoms with E-state index in [2.05, 4.69) is 5.32 Å². The Bertz CT molecular complexity index is 514. The van der Waals surface area contributed by atoms with E-state index in [1.54, 1.807) is 11.8 Å². The zero-order valence-electron chi connectivity index (χ0n) is 13.3. The summed E-state index contributed by atoms with van der Waals surface area (Å²) in [6.07, 6.45) is 4.77. The number of amides is 1. The van der Waals surface area contributed by atoms with Crippen molar-refractivity contribution in [1.29, 1.82) is 0 Å². The fraction of sp³-hybridized carbons (Fsp3) is 0.588. The first-order valence-corrected chi connectivity index (χ1v) is 9.49. The van der Waals surface area contributed by atoms with Crippen molar-refractivity contribution in [1.82, 2.24) is 10.2 Å². The van der Waals surface area contributed by atoms with Gasteiger partial charge in [0.1, 0.15) is 0 Å². The van der Waals surface area contributed by atoms with Crippen molar-refractivity contribution in [3.63, 3.8) is 0 Å². The SMILES string of the molecule is CN(C(=O)CSCc1ccc(Cl)cc1)C1CC2CCC(C1)N2.Cl. The number of hydrogen-bond acceptors (Lipinski definition) is 3. The Morgan fingerprint density at radius 3 is 2.48 bits per heavy atom. The molecule has 0 spiro atoms. The van der Waals surface area contributed by atoms with Crippen LogP contribution in [0.2, 0.25) is 5.02 Å². The van der Waals surface area contributed by atoms with E-state index in [1.165, 1.54) is 18.4 Å². The first-order chi connectivity index (χ1) is 10.6. The van der Waals surface area contributed by atoms with E-state index in [1.807, 2.05) is 36.2 Å². The summed E-state index contributed by atoms with van der Waals surface area (Å²) >= 11 is 7.56. The number of nitrogens with zero attached hydrogens (tertiary/aromatic N) is 1. The lowest BCUT2D eigenvalue weighted by molar-refractivity contribution is -0.129. The molecule has 0 radical (unpaired) electrons. The Hall–Kier alpha value is -0.420. The molecule has 3 rings (SSSR count). The second-order valence-corrected chi connectivity index (χ2v) is 7.81. The number of carbonyl (C=O) groups excluding carboxylic acids is 1. The van der Waals surface area contributed by atoms with E-state index in [-0.39, 0.29) is 18.3 Å². The van der Waals surface area contributed by atoms with Crippen LogP contribution in [0.5, 0.6) is 0 Å². The Balaban J connectivity index is 0.00000192. The molecule has 2 bridgehead atoms. The number of fused-ring (bicyclic) bond motifs is 2. The summed E-state index contributed by atoms with van der Waals surface area (Å²) in [7, 11) is 1.97. The molecule has 2 saturated heterocycles. The number of hydrogen-bond donors (Lipinski definition) is 1. The molecule has 1 aromatic rings. The van der Waals surface area contributed by atoms with Gasteiger partial charge in [-0.15, -0.1) is 24.2 Å². The van der Waals surface area contributed by atoms with Crippen LogP contribution in [0.1, 0.15) is 31.2 Å². The maximum absolute atomic E-state index is 12.4. The molecule has 0 aliphatic carbocycles. The summed E-state index contributed by atoms with van der Waals surface area (Å²) in [5.74, 6) is 1.66. The maximum Gasteiger partial charge on any atom is 0.232 e. The molecule has 6 heteroatoms. The fourth-order valence-electron chi connectivity index (χ4n) is 3.49. The van der Waals surface area contributed by atoms with Gasteiger partial charge < -0.3 is 10.2 Å². The third-order valence-corrected chi connectivity index (χ3v) is 6.04. The summed E-state index contributed by atoms with van der Waals surface area (Å²) in [6.45, 7) is 0. The van der Waals surface area contributed by atoms with Gasteiger partial charge in [0.25, 0.3) is 0 Å². The number of halogens is 2. The normalized spacial score (nSPS) is 25.7. The highest BCUT2D eigenvalue weighted by molar-refractivity contribution is 7.99. The Kier molecular flexibility index (Phi) is 7.08. The predicted molar refractivity (Wildman–Crippen MR) is 101 cm³/mol. The Labute approximate surface area is 153 Å². The van der Waals surface area contributed by atoms with Gasteiger partial charge in [0.05, 0.1) is 5.75 Å². The van der Waals surface area contributed by atoms with Crippen LogP contribution in [0.4, 0.5) is 0 Å². The van der Waals surface area contributed by atoms with Gasteiger partial charge in [-0.1, -0.05) is 23.7 Å². The summed E-state index contributed by atoms with van der Waals surface area (Å²) in [5, 5.41) is 4.38. The molecule has 2 fully saturated rings. The van der Waals surface area contributed by atoms with Crippen LogP contribution in [0.25, 0.3) is 0 Å². The summed E-state index contributed by atoms with van der Waals surface area (Å²) in [6, 6.07) is 9.51. The molecule has 2 unspecified atom stereocenters. The molecule has 1 amide bonds. The average Bonchev–Trinajstić information content (AvgIpc) is 2.86. The van der Waals surface area contributed by atoms with E-state index in [0.29, 0.717) is 23.9 Å². The second kappa shape index (κ2) is 8.61. The minimum atomic E-state index is 0. The molecule has 2 heterocycles. The topological polar surface area (TPSA) is 32.3 Å². The van der Waals surface area contributed by atoms with Crippen molar-refractivity contribution in [3.8, 4) is 0 Å². The second-order valence-electron chi connectivity index (χ2n) is 6.39. The molecule has 128 valence electrons. The highest BCUT2D eigenvalue weighted by atomic mass is 35.5. The number of piperidine rings is 1. The van der Waals surface area contributed by atoms with Crippen LogP contribution in [0, 0.1) is 0 Å². The molecule has 1 N–H and O–H groups in total. The van der Waals surface area contributed by atoms with Gasteiger partial charge in [-0.25, -0.2) is 0 Å². The van der Waals surface area contributed by atoms with Crippen LogP contribution in [0.15, 0.2) is 24.3 Å². The van der Waals surface area contributed by atoms with Gasteiger partial charge in [0.2, 0.25) is 5.91 Å². The number of carbonyl (C=O) groups is 1. The molecule has 0 aromatic heterocycles. The lowest BCUT2D eigenvalue weighted by Crippen LogP contribution is -2.49. The lowest BCUT2D eigenvalue weighted by Gasteiger charge is -2.35. The fourth-order valence-corrected chi connectivity index (χ4v) is 4.52. The molecule has 2 atom stereocenters. The molecule has 2 aliphatic heterocycles. The first kappa shape index (κ1) is 18.9. The van der Waals surface area contributed by atoms with Crippen molar-refractivity contribution in [3.05, 3.63) is 34.9 Å². The van der Waals surface area contributed by atoms with Crippen LogP contribution in [-0.4, -0.2) is 41.7 Å². The van der Waals surface area contributed by atoms with Crippen molar-refractivity contribution in [2.24, 2.45) is 0 Å². The van der Waals surface area contributed by atoms with Crippen LogP contribution in [0.3, 0.4) is 0 Å². The zero-order chi connectivity index (χ0) is 15.5. The predicted octanol–water partition coefficient (Wildman–Crippen LogP) is 3.74. The number of rotatable bonds is 5. The first-order valence-electron chi connectivity index (χ1n) is 7.95. The average molecular weight is 375 g/mol. The van der Waals surface area contributed by atoms with E-state index >= 15 is 0 Å². The minimum Gasteiger partial charge on any atom is -0.342 e. The standard InChI is InChI=1S/C17H23ClN2OS.ClH/c1-20(16-8-14-6-7-15(9-16)19-14)17(21)11-22-10-12-2-4-13(18)5-3-12;/h2-5,14-16,19H,6-11H2,1H3;1H. The third kappa shape index (κ3) is 5.02. The third-order valence-electron chi connectivity index (χ3n) is 4.80. The monoisotopic (exact) mass is 374 g/mol. The van der Waals surface area contributed by atoms with Crippen molar-refractivity contribution >= 4 is 41.7 Å². The molecule has 0 saturated carbocycles. The molecule has 23 heavy (non-hydrogen) atoms. The highest BCUT2D eigenvalue weighted by Gasteiger charge is 2.36. The number of thioether (sulfide) groups is 1. The van der Waals surface area contributed by atoms with E-state index in [0.717, 1.165) is 23.6 Å². The minimum absolute atomic E-state index is 0.